The number of ketones is 1. The van der Waals surface area contributed by atoms with Gasteiger partial charge in [0, 0.05) is 17.8 Å². The Bertz CT molecular complexity index is 1310. The van der Waals surface area contributed by atoms with Crippen LogP contribution in [0.25, 0.3) is 0 Å². The highest BCUT2D eigenvalue weighted by Gasteiger charge is 2.28. The second-order valence-corrected chi connectivity index (χ2v) is 11.3. The van der Waals surface area contributed by atoms with Crippen molar-refractivity contribution < 1.29 is 22.1 Å². The Morgan fingerprint density at radius 2 is 2.08 bits per heavy atom. The Hall–Kier alpha value is -2.86. The van der Waals surface area contributed by atoms with Crippen LogP contribution in [0.1, 0.15) is 65.4 Å². The summed E-state index contributed by atoms with van der Waals surface area (Å²) in [6, 6.07) is 9.86. The summed E-state index contributed by atoms with van der Waals surface area (Å²) >= 11 is 1.36. The highest BCUT2D eigenvalue weighted by atomic mass is 32.2. The first-order chi connectivity index (χ1) is 17.2. The molecule has 3 aromatic rings. The number of anilines is 1. The van der Waals surface area contributed by atoms with Gasteiger partial charge in [0.2, 0.25) is 5.78 Å². The summed E-state index contributed by atoms with van der Waals surface area (Å²) in [4.78, 5) is 22.2. The van der Waals surface area contributed by atoms with Crippen LogP contribution in [0.5, 0.6) is 5.75 Å². The molecule has 4 rings (SSSR count). The first-order valence-corrected chi connectivity index (χ1v) is 14.1. The number of rotatable bonds is 11. The fraction of sp³-hybridized carbons (Fsp3) is 0.400. The zero-order chi connectivity index (χ0) is 25.7. The summed E-state index contributed by atoms with van der Waals surface area (Å²) < 4.78 is 32.9. The van der Waals surface area contributed by atoms with Crippen molar-refractivity contribution in [2.24, 2.45) is 11.1 Å². The number of aromatic nitrogens is 2. The third-order valence-electron chi connectivity index (χ3n) is 6.12. The third kappa shape index (κ3) is 6.88. The lowest BCUT2D eigenvalue weighted by Gasteiger charge is -2.15. The average molecular weight is 531 g/mol. The molecule has 2 aromatic heterocycles. The quantitative estimate of drug-likeness (QED) is 0.351. The van der Waals surface area contributed by atoms with E-state index in [4.69, 9.17) is 14.1 Å². The molecule has 36 heavy (non-hydrogen) atoms. The minimum Gasteiger partial charge on any atom is -0.489 e. The molecule has 192 valence electrons. The van der Waals surface area contributed by atoms with Crippen LogP contribution in [0.2, 0.25) is 0 Å². The average Bonchev–Trinajstić information content (AvgIpc) is 3.51. The lowest BCUT2D eigenvalue weighted by molar-refractivity contribution is 0.104. The fourth-order valence-electron chi connectivity index (χ4n) is 4.31. The third-order valence-corrected chi connectivity index (χ3v) is 7.56. The second-order valence-electron chi connectivity index (χ2n) is 9.21. The first kappa shape index (κ1) is 26.2. The van der Waals surface area contributed by atoms with E-state index in [1.807, 2.05) is 29.6 Å². The molecule has 1 saturated carbocycles. The van der Waals surface area contributed by atoms with Crippen molar-refractivity contribution >= 4 is 33.2 Å². The van der Waals surface area contributed by atoms with Gasteiger partial charge in [0.05, 0.1) is 17.0 Å². The number of nitrogens with two attached hydrogens (primary N) is 1. The number of thiophene rings is 1. The summed E-state index contributed by atoms with van der Waals surface area (Å²) in [5.41, 5.74) is 2.45. The van der Waals surface area contributed by atoms with Gasteiger partial charge in [-0.25, -0.2) is 15.1 Å². The molecule has 11 heteroatoms. The molecule has 1 aliphatic carbocycles. The molecule has 0 spiro atoms. The standard InChI is InChI=1S/C25H30N4O5S2/c1-16(2)20-5-3-4-6-22(20)33-12-18-10-23(35-14-18)24(30)21-11-27-15-28-25(21)29-19-8-7-17(9-19)13-34-36(26,31)32/h3-6,10-11,14-17,19H,7-9,12-13H2,1-2H3,(H2,26,31,32)(H,27,28,29)/t17-,19+/m1/s1. The maximum Gasteiger partial charge on any atom is 0.333 e. The van der Waals surface area contributed by atoms with Crippen molar-refractivity contribution in [2.45, 2.75) is 51.7 Å². The molecule has 0 unspecified atom stereocenters. The van der Waals surface area contributed by atoms with Gasteiger partial charge in [0.15, 0.2) is 0 Å². The number of nitrogens with one attached hydrogen (secondary N) is 1. The van der Waals surface area contributed by atoms with Crippen LogP contribution in [-0.2, 0) is 21.1 Å². The van der Waals surface area contributed by atoms with Crippen LogP contribution < -0.4 is 15.2 Å². The van der Waals surface area contributed by atoms with Crippen molar-refractivity contribution in [3.8, 4) is 5.75 Å². The van der Waals surface area contributed by atoms with Crippen molar-refractivity contribution in [1.29, 1.82) is 0 Å². The van der Waals surface area contributed by atoms with E-state index in [-0.39, 0.29) is 24.3 Å². The number of hydrogen-bond donors (Lipinski definition) is 2. The van der Waals surface area contributed by atoms with E-state index in [9.17, 15) is 13.2 Å². The van der Waals surface area contributed by atoms with Crippen molar-refractivity contribution in [2.75, 3.05) is 11.9 Å². The highest BCUT2D eigenvalue weighted by molar-refractivity contribution is 7.84. The number of para-hydroxylation sites is 1. The molecule has 0 aliphatic heterocycles. The fourth-order valence-corrected chi connectivity index (χ4v) is 5.54. The van der Waals surface area contributed by atoms with E-state index in [0.717, 1.165) is 29.7 Å². The Morgan fingerprint density at radius 1 is 1.28 bits per heavy atom. The molecule has 2 atom stereocenters. The van der Waals surface area contributed by atoms with Gasteiger partial charge in [-0.2, -0.15) is 8.42 Å². The van der Waals surface area contributed by atoms with Gasteiger partial charge in [-0.1, -0.05) is 32.0 Å². The predicted octanol–water partition coefficient (Wildman–Crippen LogP) is 4.27. The smallest absolute Gasteiger partial charge is 0.333 e. The highest BCUT2D eigenvalue weighted by Crippen LogP contribution is 2.31. The topological polar surface area (TPSA) is 134 Å². The van der Waals surface area contributed by atoms with Gasteiger partial charge in [-0.3, -0.25) is 8.98 Å². The monoisotopic (exact) mass is 530 g/mol. The van der Waals surface area contributed by atoms with Crippen LogP contribution in [0.4, 0.5) is 5.82 Å². The van der Waals surface area contributed by atoms with Gasteiger partial charge in [0.1, 0.15) is 24.5 Å². The number of ether oxygens (including phenoxy) is 1. The van der Waals surface area contributed by atoms with E-state index in [2.05, 4.69) is 35.2 Å². The molecule has 0 saturated heterocycles. The van der Waals surface area contributed by atoms with Crippen LogP contribution in [0, 0.1) is 5.92 Å². The zero-order valence-electron chi connectivity index (χ0n) is 20.2. The number of benzene rings is 1. The lowest BCUT2D eigenvalue weighted by Crippen LogP contribution is -2.22. The van der Waals surface area contributed by atoms with Crippen molar-refractivity contribution in [1.82, 2.24) is 9.97 Å². The molecule has 0 amide bonds. The molecular weight excluding hydrogens is 500 g/mol. The molecule has 9 nitrogen and oxygen atoms in total. The number of carbonyl (C=O) groups excluding carboxylic acids is 1. The van der Waals surface area contributed by atoms with Gasteiger partial charge in [-0.15, -0.1) is 11.3 Å². The van der Waals surface area contributed by atoms with Crippen molar-refractivity contribution in [3.63, 3.8) is 0 Å². The predicted molar refractivity (Wildman–Crippen MR) is 138 cm³/mol. The Labute approximate surface area is 215 Å². The maximum atomic E-state index is 13.3. The number of carbonyl (C=O) groups is 1. The maximum absolute atomic E-state index is 13.3. The summed E-state index contributed by atoms with van der Waals surface area (Å²) in [7, 11) is -3.95. The zero-order valence-corrected chi connectivity index (χ0v) is 21.8. The Balaban J connectivity index is 1.39. The molecule has 2 heterocycles. The molecule has 0 radical (unpaired) electrons. The molecule has 1 aromatic carbocycles. The number of hydrogen-bond acceptors (Lipinski definition) is 9. The summed E-state index contributed by atoms with van der Waals surface area (Å²) in [6.07, 6.45) is 5.19. The lowest BCUT2D eigenvalue weighted by atomic mass is 10.0. The van der Waals surface area contributed by atoms with Gasteiger partial charge in [-0.05, 0) is 54.2 Å². The number of nitrogens with zero attached hydrogens (tertiary/aromatic N) is 2. The van der Waals surface area contributed by atoms with Crippen molar-refractivity contribution in [3.05, 3.63) is 69.8 Å². The summed E-state index contributed by atoms with van der Waals surface area (Å²) in [6.45, 7) is 4.67. The van der Waals surface area contributed by atoms with Gasteiger partial charge >= 0.3 is 10.3 Å². The SMILES string of the molecule is CC(C)c1ccccc1OCc1csc(C(=O)c2cncnc2N[C@H]2CC[C@@H](COS(N)(=O)=O)C2)c1. The van der Waals surface area contributed by atoms with E-state index < -0.39 is 10.3 Å². The van der Waals surface area contributed by atoms with Gasteiger partial charge in [0.25, 0.3) is 0 Å². The van der Waals surface area contributed by atoms with Crippen LogP contribution in [0.3, 0.4) is 0 Å². The van der Waals surface area contributed by atoms with E-state index in [1.54, 1.807) is 0 Å². The van der Waals surface area contributed by atoms with Crippen LogP contribution >= 0.6 is 11.3 Å². The largest absolute Gasteiger partial charge is 0.489 e. The molecule has 0 bridgehead atoms. The van der Waals surface area contributed by atoms with Gasteiger partial charge < -0.3 is 10.1 Å². The first-order valence-electron chi connectivity index (χ1n) is 11.8. The molecular formula is C25H30N4O5S2. The van der Waals surface area contributed by atoms with E-state index >= 15 is 0 Å². The Kier molecular flexibility index (Phi) is 8.35. The second kappa shape index (κ2) is 11.5. The van der Waals surface area contributed by atoms with E-state index in [0.29, 0.717) is 35.2 Å². The minimum absolute atomic E-state index is 0.0360. The van der Waals surface area contributed by atoms with Crippen LogP contribution in [0.15, 0.2) is 48.2 Å². The summed E-state index contributed by atoms with van der Waals surface area (Å²) in [5, 5.41) is 10.2. The van der Waals surface area contributed by atoms with E-state index in [1.165, 1.54) is 23.9 Å². The normalized spacial score (nSPS) is 17.9. The summed E-state index contributed by atoms with van der Waals surface area (Å²) in [5.74, 6) is 1.55. The Morgan fingerprint density at radius 3 is 2.86 bits per heavy atom. The van der Waals surface area contributed by atoms with Crippen LogP contribution in [-0.4, -0.2) is 36.8 Å². The molecule has 3 N–H and O–H groups in total. The molecule has 1 fully saturated rings. The molecule has 1 aliphatic rings. The minimum atomic E-state index is -3.95.